The molecule has 0 amide bonds. The first-order valence-corrected chi connectivity index (χ1v) is 47.8. The molecule has 0 fully saturated rings. The molecule has 4 aliphatic carbocycles. The van der Waals surface area contributed by atoms with Gasteiger partial charge in [0, 0.05) is 98.8 Å². The van der Waals surface area contributed by atoms with Crippen LogP contribution in [0.5, 0.6) is 0 Å². The monoisotopic (exact) mass is 1820 g/mol. The van der Waals surface area contributed by atoms with Gasteiger partial charge in [-0.25, -0.2) is 0 Å². The van der Waals surface area contributed by atoms with Crippen molar-refractivity contribution in [2.75, 3.05) is 0 Å². The van der Waals surface area contributed by atoms with Gasteiger partial charge in [0.2, 0.25) is 8.07 Å². The van der Waals surface area contributed by atoms with E-state index < -0.39 is 121 Å². The highest BCUT2D eigenvalue weighted by Crippen LogP contribution is 2.66. The summed E-state index contributed by atoms with van der Waals surface area (Å²) in [6, 6.07) is 40.1. The van der Waals surface area contributed by atoms with Crippen LogP contribution < -0.4 is 18.0 Å². The minimum Gasteiger partial charge on any atom is -0.196 e. The van der Waals surface area contributed by atoms with Gasteiger partial charge in [-0.2, -0.15) is 119 Å². The number of hydrogen-bond acceptors (Lipinski definition) is 24. The Bertz CT molecular complexity index is 5980. The summed E-state index contributed by atoms with van der Waals surface area (Å²) in [7, 11) is -4.55. The van der Waals surface area contributed by atoms with Crippen molar-refractivity contribution in [3.63, 3.8) is 0 Å². The van der Waals surface area contributed by atoms with Gasteiger partial charge in [0.25, 0.3) is 0 Å². The van der Waals surface area contributed by atoms with Crippen molar-refractivity contribution in [2.24, 2.45) is 0 Å². The third-order valence-corrected chi connectivity index (χ3v) is 40.0. The second-order valence-electron chi connectivity index (χ2n) is 29.2. The van der Waals surface area contributed by atoms with Crippen molar-refractivity contribution >= 4 is 161 Å². The fraction of sp³-hybridized carbons (Fsp3) is 0.304. The number of fused-ring (bicyclic) bond motifs is 4. The molecule has 0 spiro atoms. The highest BCUT2D eigenvalue weighted by Gasteiger charge is 2.60. The SMILES string of the molecule is CCCCCCc1c(-c2ccc([Si](c3ccc(-c4sc5c(c4CCCCCC)C(=C(C#N)C#N)C(F)(F)C5=C(C#N)C#N)s3)(c3ccc(-c4sc5c(c4CCCCCC)C(=C(C#N)C#N)C(F)(F)C5=C(C#N)C#N)s3)c3ccc(-c4sc5c(c4CCCCCC)C(=C(C#N)C#N)C(F)(F)C5=C(C#N)C#N)s3)s2)sc2c1C(=C(C#N)C#N)C(F)(F)C2=C(C#N)C#N. The normalized spacial score (nSPS) is 14.2. The zero-order valence-corrected chi connectivity index (χ0v) is 74.2. The molecule has 8 heterocycles. The van der Waals surface area contributed by atoms with Gasteiger partial charge in [-0.15, -0.1) is 90.7 Å². The summed E-state index contributed by atoms with van der Waals surface area (Å²) in [4.78, 5) is 1.90. The first-order valence-electron chi connectivity index (χ1n) is 39.2. The summed E-state index contributed by atoms with van der Waals surface area (Å²) >= 11 is 7.97. The lowest BCUT2D eigenvalue weighted by Crippen LogP contribution is -2.71. The molecular weight excluding hydrogens is 1770 g/mol. The smallest absolute Gasteiger partial charge is 0.196 e. The molecule has 8 aromatic rings. The molecule has 16 nitrogen and oxygen atoms in total. The van der Waals surface area contributed by atoms with E-state index in [9.17, 15) is 84.2 Å². The van der Waals surface area contributed by atoms with Gasteiger partial charge in [-0.3, -0.25) is 0 Å². The lowest BCUT2D eigenvalue weighted by atomic mass is 9.94. The Kier molecular flexibility index (Phi) is 27.4. The molecule has 0 atom stereocenters. The molecule has 0 saturated carbocycles. The van der Waals surface area contributed by atoms with E-state index in [1.54, 1.807) is 121 Å². The summed E-state index contributed by atoms with van der Waals surface area (Å²) < 4.78 is 143. The van der Waals surface area contributed by atoms with Crippen molar-refractivity contribution in [3.8, 4) is 136 Å². The maximum Gasteiger partial charge on any atom is 0.304 e. The molecular formula is C92H60F8N16S8Si. The lowest BCUT2D eigenvalue weighted by molar-refractivity contribution is 0.137. The van der Waals surface area contributed by atoms with E-state index in [-0.39, 0.29) is 89.7 Å². The first kappa shape index (κ1) is 91.2. The van der Waals surface area contributed by atoms with Crippen LogP contribution in [0.4, 0.5) is 35.1 Å². The van der Waals surface area contributed by atoms with E-state index in [1.165, 1.54) is 45.3 Å². The van der Waals surface area contributed by atoms with Crippen LogP contribution in [-0.4, -0.2) is 31.8 Å². The van der Waals surface area contributed by atoms with Gasteiger partial charge in [-0.05, 0) is 97.9 Å². The number of nitriles is 16. The quantitative estimate of drug-likeness (QED) is 0.0190. The number of hydrogen-bond donors (Lipinski definition) is 0. The van der Waals surface area contributed by atoms with Gasteiger partial charge in [-0.1, -0.05) is 129 Å². The number of alkyl halides is 8. The molecule has 4 aliphatic rings. The molecule has 0 aliphatic heterocycles. The molecule has 0 aromatic carbocycles. The van der Waals surface area contributed by atoms with Crippen LogP contribution in [0.3, 0.4) is 0 Å². The van der Waals surface area contributed by atoms with Gasteiger partial charge in [0.1, 0.15) is 142 Å². The summed E-state index contributed by atoms with van der Waals surface area (Å²) in [6.07, 6.45) is 9.71. The number of halogens is 8. The molecule has 616 valence electrons. The van der Waals surface area contributed by atoms with E-state index in [4.69, 9.17) is 0 Å². The second kappa shape index (κ2) is 37.6. The fourth-order valence-corrected chi connectivity index (χ4v) is 37.7. The fourth-order valence-electron chi connectivity index (χ4n) is 16.7. The molecule has 0 unspecified atom stereocenters. The third-order valence-electron chi connectivity index (χ3n) is 22.2. The van der Waals surface area contributed by atoms with Crippen LogP contribution in [0.25, 0.3) is 83.6 Å². The minimum absolute atomic E-state index is 0.0541. The topological polar surface area (TPSA) is 381 Å². The summed E-state index contributed by atoms with van der Waals surface area (Å²) in [5.74, 6) is -16.9. The zero-order chi connectivity index (χ0) is 90.4. The van der Waals surface area contributed by atoms with E-state index in [1.807, 2.05) is 52.0 Å². The van der Waals surface area contributed by atoms with E-state index in [0.717, 1.165) is 71.0 Å². The highest BCUT2D eigenvalue weighted by molar-refractivity contribution is 7.55. The van der Waals surface area contributed by atoms with Crippen molar-refractivity contribution in [1.82, 2.24) is 0 Å². The van der Waals surface area contributed by atoms with Gasteiger partial charge >= 0.3 is 23.7 Å². The predicted octanol–water partition coefficient (Wildman–Crippen LogP) is 23.7. The van der Waals surface area contributed by atoms with Crippen LogP contribution >= 0.6 is 90.7 Å². The number of unbranched alkanes of at least 4 members (excludes halogenated alkanes) is 12. The second-order valence-corrected chi connectivity index (χ2v) is 42.7. The molecule has 0 radical (unpaired) electrons. The van der Waals surface area contributed by atoms with E-state index >= 15 is 35.1 Å². The summed E-state index contributed by atoms with van der Waals surface area (Å²) in [5.41, 5.74) is -15.8. The van der Waals surface area contributed by atoms with Gasteiger partial charge in [0.15, 0.2) is 0 Å². The molecule has 33 heteroatoms. The largest absolute Gasteiger partial charge is 0.304 e. The van der Waals surface area contributed by atoms with Crippen molar-refractivity contribution in [3.05, 3.63) is 157 Å². The van der Waals surface area contributed by atoms with Crippen LogP contribution in [-0.2, 0) is 25.7 Å². The van der Waals surface area contributed by atoms with E-state index in [2.05, 4.69) is 0 Å². The predicted molar refractivity (Wildman–Crippen MR) is 471 cm³/mol. The Labute approximate surface area is 747 Å². The number of nitrogens with zero attached hydrogens (tertiary/aromatic N) is 16. The molecule has 8 aromatic heterocycles. The Morgan fingerprint density at radius 3 is 0.560 bits per heavy atom. The van der Waals surface area contributed by atoms with Crippen LogP contribution in [0.15, 0.2) is 93.1 Å². The van der Waals surface area contributed by atoms with Crippen LogP contribution in [0, 0.1) is 181 Å². The zero-order valence-electron chi connectivity index (χ0n) is 66.7. The Morgan fingerprint density at radius 1 is 0.232 bits per heavy atom. The first-order chi connectivity index (χ1) is 60.2. The number of allylic oxidation sites excluding steroid dienone is 16. The summed E-state index contributed by atoms with van der Waals surface area (Å²) in [6.45, 7) is 7.84. The standard InChI is InChI=1S/C92H60F8N16S8Si/c1-5-9-13-17-21-57-69-73(49(33-101)34-102)89(93,94)77(53(41-109)42-110)85(69)121-81(57)61-25-29-65(117-61)125(66-30-26-62(118-66)82-58(22-18-14-10-6-2)70-74(50(35-103)36-104)90(95,96)78(86(70)122-82)54(43-111)44-112,67-31-27-63(119-67)83-59(23-19-15-11-7-3)71-75(51(37-105)38-106)91(97,98)79(87(71)123-83)55(45-113)46-114)68-32-28-64(120-68)84-60(24-20-16-12-8-4)72-76(52(39-107)40-108)92(99,100)80(88(72)124-84)56(47-115)48-116/h25-32H,5-24H2,1-4H3. The van der Waals surface area contributed by atoms with Crippen molar-refractivity contribution in [2.45, 2.75) is 180 Å². The van der Waals surface area contributed by atoms with E-state index in [0.29, 0.717) is 134 Å². The molecule has 12 rings (SSSR count). The van der Waals surface area contributed by atoms with Crippen LogP contribution in [0.2, 0.25) is 0 Å². The van der Waals surface area contributed by atoms with Crippen molar-refractivity contribution < 1.29 is 35.1 Å². The van der Waals surface area contributed by atoms with Gasteiger partial charge < -0.3 is 0 Å². The Balaban J connectivity index is 1.28. The lowest BCUT2D eigenvalue weighted by Gasteiger charge is -2.28. The number of thiophene rings is 8. The Morgan fingerprint density at radius 2 is 0.400 bits per heavy atom. The molecule has 0 bridgehead atoms. The molecule has 125 heavy (non-hydrogen) atoms. The number of rotatable bonds is 28. The third kappa shape index (κ3) is 15.2. The maximum atomic E-state index is 17.6. The van der Waals surface area contributed by atoms with Gasteiger partial charge in [0.05, 0.1) is 44.6 Å². The van der Waals surface area contributed by atoms with Crippen LogP contribution in [0.1, 0.15) is 194 Å². The van der Waals surface area contributed by atoms with Crippen molar-refractivity contribution in [1.29, 1.82) is 84.2 Å². The maximum absolute atomic E-state index is 17.6. The summed E-state index contributed by atoms with van der Waals surface area (Å²) in [5, 5.41) is 168. The minimum atomic E-state index is -4.55. The highest BCUT2D eigenvalue weighted by atomic mass is 32.1. The Hall–Kier alpha value is -13.0. The average Bonchev–Trinajstić information content (AvgIpc) is 1.55. The molecule has 0 saturated heterocycles. The molecule has 0 N–H and O–H groups in total. The average molecular weight is 1830 g/mol.